The van der Waals surface area contributed by atoms with Crippen LogP contribution in [-0.2, 0) is 4.79 Å². The van der Waals surface area contributed by atoms with Crippen molar-refractivity contribution in [1.82, 2.24) is 4.90 Å². The van der Waals surface area contributed by atoms with Gasteiger partial charge in [-0.05, 0) is 38.2 Å². The number of hydrogen-bond acceptors (Lipinski definition) is 5. The van der Waals surface area contributed by atoms with Gasteiger partial charge < -0.3 is 14.7 Å². The van der Waals surface area contributed by atoms with Gasteiger partial charge in [0, 0.05) is 20.0 Å². The smallest absolute Gasteiger partial charge is 0.279 e. The molecule has 1 unspecified atom stereocenters. The number of carbonyl (C=O) groups excluding carboxylic acids is 1. The van der Waals surface area contributed by atoms with Crippen molar-refractivity contribution in [2.24, 2.45) is 5.92 Å². The molecule has 0 saturated heterocycles. The Labute approximate surface area is 164 Å². The summed E-state index contributed by atoms with van der Waals surface area (Å²) < 4.78 is 5.54. The van der Waals surface area contributed by atoms with Gasteiger partial charge in [-0.25, -0.2) is 0 Å². The lowest BCUT2D eigenvalue weighted by molar-refractivity contribution is -0.386. The number of nitro benzene ring substituents is 1. The van der Waals surface area contributed by atoms with Crippen LogP contribution in [0.4, 0.5) is 5.69 Å². The number of amides is 1. The summed E-state index contributed by atoms with van der Waals surface area (Å²) in [7, 11) is 1.83. The van der Waals surface area contributed by atoms with E-state index in [2.05, 4.69) is 0 Å². The molecular formula is C19H27ClN2O5. The van der Waals surface area contributed by atoms with Gasteiger partial charge in [-0.15, -0.1) is 0 Å². The number of benzene rings is 1. The highest BCUT2D eigenvalue weighted by Gasteiger charge is 2.22. The van der Waals surface area contributed by atoms with Gasteiger partial charge in [0.15, 0.2) is 0 Å². The molecule has 150 valence electrons. The first-order valence-electron chi connectivity index (χ1n) is 9.32. The predicted octanol–water partition coefficient (Wildman–Crippen LogP) is 4.11. The molecule has 1 aliphatic rings. The molecule has 0 aromatic heterocycles. The van der Waals surface area contributed by atoms with E-state index in [0.717, 1.165) is 6.54 Å². The molecule has 0 heterocycles. The lowest BCUT2D eigenvalue weighted by atomic mass is 10.1. The van der Waals surface area contributed by atoms with E-state index in [4.69, 9.17) is 16.3 Å². The standard InChI is InChI=1S/C19H27ClN2O5/c1-13(23)15-10-16(20)18(11-17(15)22(25)26)27-9-5-8-19(24)21(2)12-14-6-3-4-7-14/h10-11,13-14,23H,3-9,12H2,1-2H3. The maximum absolute atomic E-state index is 12.2. The molecule has 0 spiro atoms. The fourth-order valence-corrected chi connectivity index (χ4v) is 3.67. The first kappa shape index (κ1) is 21.4. The molecule has 8 heteroatoms. The van der Waals surface area contributed by atoms with Crippen molar-refractivity contribution < 1.29 is 19.6 Å². The second kappa shape index (κ2) is 9.90. The van der Waals surface area contributed by atoms with Crippen LogP contribution in [0.2, 0.25) is 5.02 Å². The van der Waals surface area contributed by atoms with Crippen LogP contribution in [0.15, 0.2) is 12.1 Å². The fraction of sp³-hybridized carbons (Fsp3) is 0.632. The van der Waals surface area contributed by atoms with Crippen molar-refractivity contribution >= 4 is 23.2 Å². The molecule has 1 amide bonds. The SMILES string of the molecule is CC(O)c1cc(Cl)c(OCCCC(=O)N(C)CC2CCCC2)cc1[N+](=O)[O-]. The van der Waals surface area contributed by atoms with E-state index in [1.165, 1.54) is 44.7 Å². The van der Waals surface area contributed by atoms with E-state index in [-0.39, 0.29) is 34.5 Å². The first-order valence-corrected chi connectivity index (χ1v) is 9.70. The van der Waals surface area contributed by atoms with Gasteiger partial charge in [-0.3, -0.25) is 14.9 Å². The van der Waals surface area contributed by atoms with Crippen molar-refractivity contribution in [2.75, 3.05) is 20.2 Å². The molecule has 1 atom stereocenters. The number of carbonyl (C=O) groups is 1. The molecule has 7 nitrogen and oxygen atoms in total. The van der Waals surface area contributed by atoms with Crippen LogP contribution in [0.5, 0.6) is 5.75 Å². The van der Waals surface area contributed by atoms with Crippen LogP contribution >= 0.6 is 11.6 Å². The van der Waals surface area contributed by atoms with E-state index in [9.17, 15) is 20.0 Å². The van der Waals surface area contributed by atoms with Crippen LogP contribution in [0.3, 0.4) is 0 Å². The molecule has 1 aromatic rings. The third kappa shape index (κ3) is 6.07. The van der Waals surface area contributed by atoms with E-state index in [1.54, 1.807) is 4.90 Å². The number of nitro groups is 1. The summed E-state index contributed by atoms with van der Waals surface area (Å²) in [4.78, 5) is 24.6. The zero-order valence-corrected chi connectivity index (χ0v) is 16.6. The zero-order chi connectivity index (χ0) is 20.0. The summed E-state index contributed by atoms with van der Waals surface area (Å²) in [5.74, 6) is 0.869. The van der Waals surface area contributed by atoms with Crippen LogP contribution in [-0.4, -0.2) is 41.0 Å². The van der Waals surface area contributed by atoms with Crippen molar-refractivity contribution in [1.29, 1.82) is 0 Å². The highest BCUT2D eigenvalue weighted by molar-refractivity contribution is 6.32. The molecular weight excluding hydrogens is 372 g/mol. The van der Waals surface area contributed by atoms with Gasteiger partial charge in [0.25, 0.3) is 5.69 Å². The third-order valence-electron chi connectivity index (χ3n) is 4.95. The largest absolute Gasteiger partial charge is 0.492 e. The topological polar surface area (TPSA) is 92.9 Å². The second-order valence-corrected chi connectivity index (χ2v) is 7.56. The van der Waals surface area contributed by atoms with Gasteiger partial charge in [0.1, 0.15) is 5.75 Å². The number of rotatable bonds is 9. The Bertz CT molecular complexity index is 674. The number of hydrogen-bond donors (Lipinski definition) is 1. The highest BCUT2D eigenvalue weighted by atomic mass is 35.5. The minimum absolute atomic E-state index is 0.0760. The van der Waals surface area contributed by atoms with Crippen molar-refractivity contribution in [3.8, 4) is 5.75 Å². The first-order chi connectivity index (χ1) is 12.8. The van der Waals surface area contributed by atoms with Gasteiger partial charge in [-0.2, -0.15) is 0 Å². The van der Waals surface area contributed by atoms with Gasteiger partial charge in [0.2, 0.25) is 5.91 Å². The van der Waals surface area contributed by atoms with Crippen LogP contribution in [0.1, 0.15) is 57.1 Å². The average Bonchev–Trinajstić information content (AvgIpc) is 3.11. The lowest BCUT2D eigenvalue weighted by Crippen LogP contribution is -2.31. The Kier molecular flexibility index (Phi) is 7.86. The van der Waals surface area contributed by atoms with E-state index in [1.807, 2.05) is 7.05 Å². The number of halogens is 1. The molecule has 0 aliphatic heterocycles. The summed E-state index contributed by atoms with van der Waals surface area (Å²) in [6.07, 6.45) is 4.74. The molecule has 1 aromatic carbocycles. The zero-order valence-electron chi connectivity index (χ0n) is 15.8. The third-order valence-corrected chi connectivity index (χ3v) is 5.25. The molecule has 1 fully saturated rings. The van der Waals surface area contributed by atoms with Crippen LogP contribution in [0.25, 0.3) is 0 Å². The number of aliphatic hydroxyl groups is 1. The fourth-order valence-electron chi connectivity index (χ4n) is 3.44. The highest BCUT2D eigenvalue weighted by Crippen LogP contribution is 2.35. The van der Waals surface area contributed by atoms with Crippen LogP contribution < -0.4 is 4.74 Å². The minimum atomic E-state index is -1.01. The number of ether oxygens (including phenoxy) is 1. The minimum Gasteiger partial charge on any atom is -0.492 e. The Balaban J connectivity index is 1.84. The second-order valence-electron chi connectivity index (χ2n) is 7.15. The van der Waals surface area contributed by atoms with Gasteiger partial charge >= 0.3 is 0 Å². The number of nitrogens with zero attached hydrogens (tertiary/aromatic N) is 2. The van der Waals surface area contributed by atoms with Gasteiger partial charge in [0.05, 0.1) is 34.3 Å². The van der Waals surface area contributed by atoms with Gasteiger partial charge in [-0.1, -0.05) is 24.4 Å². The molecule has 1 saturated carbocycles. The van der Waals surface area contributed by atoms with Crippen molar-refractivity contribution in [2.45, 2.75) is 51.6 Å². The molecule has 27 heavy (non-hydrogen) atoms. The Morgan fingerprint density at radius 1 is 1.44 bits per heavy atom. The van der Waals surface area contributed by atoms with E-state index in [0.29, 0.717) is 18.8 Å². The number of aliphatic hydroxyl groups excluding tert-OH is 1. The summed E-state index contributed by atoms with van der Waals surface area (Å²) >= 11 is 6.10. The van der Waals surface area contributed by atoms with Crippen molar-refractivity contribution in [3.63, 3.8) is 0 Å². The van der Waals surface area contributed by atoms with Crippen molar-refractivity contribution in [3.05, 3.63) is 32.8 Å². The maximum Gasteiger partial charge on any atom is 0.279 e. The Morgan fingerprint density at radius 3 is 2.70 bits per heavy atom. The van der Waals surface area contributed by atoms with Crippen LogP contribution in [0, 0.1) is 16.0 Å². The lowest BCUT2D eigenvalue weighted by Gasteiger charge is -2.21. The summed E-state index contributed by atoms with van der Waals surface area (Å²) in [6, 6.07) is 2.57. The average molecular weight is 399 g/mol. The Morgan fingerprint density at radius 2 is 2.11 bits per heavy atom. The summed E-state index contributed by atoms with van der Waals surface area (Å²) in [6.45, 7) is 2.47. The predicted molar refractivity (Wildman–Crippen MR) is 103 cm³/mol. The normalized spacial score (nSPS) is 15.6. The molecule has 0 radical (unpaired) electrons. The molecule has 1 N–H and O–H groups in total. The molecule has 1 aliphatic carbocycles. The molecule has 2 rings (SSSR count). The van der Waals surface area contributed by atoms with E-state index < -0.39 is 11.0 Å². The van der Waals surface area contributed by atoms with E-state index >= 15 is 0 Å². The Hall–Kier alpha value is -1.86. The quantitative estimate of drug-likeness (QED) is 0.384. The summed E-state index contributed by atoms with van der Waals surface area (Å²) in [5, 5.41) is 21.0. The molecule has 0 bridgehead atoms. The maximum atomic E-state index is 12.2. The summed E-state index contributed by atoms with van der Waals surface area (Å²) in [5.41, 5.74) is -0.0992. The monoisotopic (exact) mass is 398 g/mol.